The molecule has 8 nitrogen and oxygen atoms in total. The molecular weight excluding hydrogens is 448 g/mol. The standard InChI is InChI=1S/C25H28N6O2S/c1-30-13-11-20-22(15-30)34-24(28-20)29-23(32)17-5-2-4-16(14-17)21-6-3-12-31(21)25(33)27-19-9-7-18(26)8-10-19/h2,4-5,7-10,14,21H,3,6,11-13,15,26H2,1H3,(H,27,33)(H,28,29,32)/t21-/m1/s1. The number of anilines is 3. The smallest absolute Gasteiger partial charge is 0.322 e. The Labute approximate surface area is 202 Å². The van der Waals surface area contributed by atoms with Gasteiger partial charge >= 0.3 is 6.03 Å². The van der Waals surface area contributed by atoms with Gasteiger partial charge in [-0.25, -0.2) is 9.78 Å². The van der Waals surface area contributed by atoms with Crippen LogP contribution in [0.2, 0.25) is 0 Å². The molecule has 0 spiro atoms. The number of nitrogen functional groups attached to an aromatic ring is 1. The van der Waals surface area contributed by atoms with E-state index in [-0.39, 0.29) is 18.0 Å². The molecule has 0 unspecified atom stereocenters. The predicted octanol–water partition coefficient (Wildman–Crippen LogP) is 4.33. The minimum atomic E-state index is -0.183. The summed E-state index contributed by atoms with van der Waals surface area (Å²) in [7, 11) is 2.09. The molecule has 1 saturated heterocycles. The topological polar surface area (TPSA) is 104 Å². The lowest BCUT2D eigenvalue weighted by Gasteiger charge is -2.25. The van der Waals surface area contributed by atoms with Crippen LogP contribution >= 0.6 is 11.3 Å². The molecule has 9 heteroatoms. The molecule has 4 N–H and O–H groups in total. The molecule has 176 valence electrons. The van der Waals surface area contributed by atoms with Crippen molar-refractivity contribution < 1.29 is 9.59 Å². The van der Waals surface area contributed by atoms with Crippen molar-refractivity contribution in [2.24, 2.45) is 0 Å². The Hall–Kier alpha value is -3.43. The summed E-state index contributed by atoms with van der Waals surface area (Å²) in [6, 6.07) is 14.4. The van der Waals surface area contributed by atoms with E-state index in [0.29, 0.717) is 28.6 Å². The second kappa shape index (κ2) is 9.44. The van der Waals surface area contributed by atoms with Crippen molar-refractivity contribution in [2.45, 2.75) is 31.8 Å². The fourth-order valence-electron chi connectivity index (χ4n) is 4.55. The third kappa shape index (κ3) is 4.76. The Morgan fingerprint density at radius 3 is 2.76 bits per heavy atom. The van der Waals surface area contributed by atoms with Crippen molar-refractivity contribution in [3.8, 4) is 0 Å². The van der Waals surface area contributed by atoms with Gasteiger partial charge in [0.1, 0.15) is 0 Å². The summed E-state index contributed by atoms with van der Waals surface area (Å²) in [5, 5.41) is 6.56. The quantitative estimate of drug-likeness (QED) is 0.486. The Morgan fingerprint density at radius 1 is 1.12 bits per heavy atom. The second-order valence-corrected chi connectivity index (χ2v) is 9.94. The molecule has 0 bridgehead atoms. The number of carbonyl (C=O) groups excluding carboxylic acids is 2. The van der Waals surface area contributed by atoms with Gasteiger partial charge in [-0.1, -0.05) is 12.1 Å². The number of amides is 3. The average molecular weight is 477 g/mol. The first-order valence-electron chi connectivity index (χ1n) is 11.5. The van der Waals surface area contributed by atoms with Crippen LogP contribution in [-0.2, 0) is 13.0 Å². The molecule has 0 aliphatic carbocycles. The highest BCUT2D eigenvalue weighted by Crippen LogP contribution is 2.33. The lowest BCUT2D eigenvalue weighted by atomic mass is 10.0. The Morgan fingerprint density at radius 2 is 1.94 bits per heavy atom. The maximum Gasteiger partial charge on any atom is 0.322 e. The van der Waals surface area contributed by atoms with E-state index < -0.39 is 0 Å². The Kier molecular flexibility index (Phi) is 6.21. The maximum atomic E-state index is 13.0. The number of hydrogen-bond donors (Lipinski definition) is 3. The molecule has 0 saturated carbocycles. The first kappa shape index (κ1) is 22.4. The lowest BCUT2D eigenvalue weighted by molar-refractivity contribution is 0.102. The minimum Gasteiger partial charge on any atom is -0.399 e. The fraction of sp³-hybridized carbons (Fsp3) is 0.320. The van der Waals surface area contributed by atoms with Crippen LogP contribution in [0.5, 0.6) is 0 Å². The van der Waals surface area contributed by atoms with Gasteiger partial charge in [0.25, 0.3) is 5.91 Å². The number of nitrogens with two attached hydrogens (primary N) is 1. The summed E-state index contributed by atoms with van der Waals surface area (Å²) in [5.74, 6) is -0.183. The van der Waals surface area contributed by atoms with Crippen molar-refractivity contribution in [2.75, 3.05) is 36.5 Å². The Bertz CT molecular complexity index is 1210. The molecule has 2 aliphatic heterocycles. The molecule has 5 rings (SSSR count). The summed E-state index contributed by atoms with van der Waals surface area (Å²) < 4.78 is 0. The van der Waals surface area contributed by atoms with Gasteiger partial charge in [0, 0.05) is 47.9 Å². The molecule has 1 atom stereocenters. The molecular formula is C25H28N6O2S. The molecule has 34 heavy (non-hydrogen) atoms. The monoisotopic (exact) mass is 476 g/mol. The third-order valence-corrected chi connectivity index (χ3v) is 7.35. The number of thiazole rings is 1. The van der Waals surface area contributed by atoms with E-state index >= 15 is 0 Å². The van der Waals surface area contributed by atoms with Gasteiger partial charge in [-0.15, -0.1) is 11.3 Å². The number of nitrogens with zero attached hydrogens (tertiary/aromatic N) is 3. The second-order valence-electron chi connectivity index (χ2n) is 8.86. The maximum absolute atomic E-state index is 13.0. The Balaban J connectivity index is 1.28. The van der Waals surface area contributed by atoms with Gasteiger partial charge in [0.05, 0.1) is 11.7 Å². The number of likely N-dealkylation sites (tertiary alicyclic amines) is 1. The molecule has 1 aromatic heterocycles. The van der Waals surface area contributed by atoms with Crippen molar-refractivity contribution in [3.05, 3.63) is 70.2 Å². The number of aromatic nitrogens is 1. The number of urea groups is 1. The molecule has 3 amide bonds. The largest absolute Gasteiger partial charge is 0.399 e. The zero-order valence-electron chi connectivity index (χ0n) is 19.1. The van der Waals surface area contributed by atoms with E-state index in [9.17, 15) is 9.59 Å². The van der Waals surface area contributed by atoms with E-state index in [1.807, 2.05) is 23.1 Å². The number of benzene rings is 2. The van der Waals surface area contributed by atoms with Crippen LogP contribution in [0.15, 0.2) is 48.5 Å². The van der Waals surface area contributed by atoms with Gasteiger partial charge in [-0.05, 0) is 61.9 Å². The summed E-state index contributed by atoms with van der Waals surface area (Å²) in [4.78, 5) is 35.9. The molecule has 3 heterocycles. The van der Waals surface area contributed by atoms with Crippen LogP contribution in [0.3, 0.4) is 0 Å². The van der Waals surface area contributed by atoms with Gasteiger partial charge < -0.3 is 20.9 Å². The first-order chi connectivity index (χ1) is 16.5. The minimum absolute atomic E-state index is 0.0794. The van der Waals surface area contributed by atoms with Gasteiger partial charge in [0.15, 0.2) is 5.13 Å². The predicted molar refractivity (Wildman–Crippen MR) is 135 cm³/mol. The summed E-state index contributed by atoms with van der Waals surface area (Å²) in [6.07, 6.45) is 2.67. The summed E-state index contributed by atoms with van der Waals surface area (Å²) in [5.41, 5.74) is 9.69. The summed E-state index contributed by atoms with van der Waals surface area (Å²) >= 11 is 1.54. The number of likely N-dealkylation sites (N-methyl/N-ethyl adjacent to an activating group) is 1. The van der Waals surface area contributed by atoms with E-state index in [4.69, 9.17) is 5.73 Å². The highest BCUT2D eigenvalue weighted by Gasteiger charge is 2.30. The van der Waals surface area contributed by atoms with Crippen LogP contribution in [0, 0.1) is 0 Å². The first-order valence-corrected chi connectivity index (χ1v) is 12.3. The van der Waals surface area contributed by atoms with Crippen molar-refractivity contribution >= 4 is 39.8 Å². The van der Waals surface area contributed by atoms with Crippen molar-refractivity contribution in [3.63, 3.8) is 0 Å². The average Bonchev–Trinajstić information content (AvgIpc) is 3.47. The van der Waals surface area contributed by atoms with Gasteiger partial charge in [0.2, 0.25) is 0 Å². The third-order valence-electron chi connectivity index (χ3n) is 6.35. The van der Waals surface area contributed by atoms with Crippen LogP contribution in [-0.4, -0.2) is 46.9 Å². The number of nitrogens with one attached hydrogen (secondary N) is 2. The molecule has 2 aliphatic rings. The number of hydrogen-bond acceptors (Lipinski definition) is 6. The van der Waals surface area contributed by atoms with E-state index in [2.05, 4.69) is 27.6 Å². The normalized spacial score (nSPS) is 17.9. The molecule has 1 fully saturated rings. The van der Waals surface area contributed by atoms with Crippen LogP contribution in [0.25, 0.3) is 0 Å². The molecule has 0 radical (unpaired) electrons. The van der Waals surface area contributed by atoms with E-state index in [1.54, 1.807) is 41.7 Å². The van der Waals surface area contributed by atoms with Gasteiger partial charge in [-0.2, -0.15) is 0 Å². The number of carbonyl (C=O) groups is 2. The highest BCUT2D eigenvalue weighted by molar-refractivity contribution is 7.15. The SMILES string of the molecule is CN1CCc2nc(NC(=O)c3cccc([C@H]4CCCN4C(=O)Nc4ccc(N)cc4)c3)sc2C1. The van der Waals surface area contributed by atoms with Crippen molar-refractivity contribution in [1.82, 2.24) is 14.8 Å². The highest BCUT2D eigenvalue weighted by atomic mass is 32.1. The molecule has 2 aromatic carbocycles. The summed E-state index contributed by atoms with van der Waals surface area (Å²) in [6.45, 7) is 2.52. The fourth-order valence-corrected chi connectivity index (χ4v) is 5.63. The van der Waals surface area contributed by atoms with Crippen LogP contribution in [0.4, 0.5) is 21.3 Å². The number of rotatable bonds is 4. The van der Waals surface area contributed by atoms with Gasteiger partial charge in [-0.3, -0.25) is 10.1 Å². The molecule has 3 aromatic rings. The van der Waals surface area contributed by atoms with Crippen molar-refractivity contribution in [1.29, 1.82) is 0 Å². The lowest BCUT2D eigenvalue weighted by Crippen LogP contribution is -2.34. The van der Waals surface area contributed by atoms with E-state index in [1.165, 1.54) is 4.88 Å². The number of fused-ring (bicyclic) bond motifs is 1. The zero-order valence-corrected chi connectivity index (χ0v) is 19.9. The van der Waals surface area contributed by atoms with Crippen LogP contribution in [0.1, 0.15) is 45.4 Å². The van der Waals surface area contributed by atoms with E-state index in [0.717, 1.165) is 43.6 Å². The van der Waals surface area contributed by atoms with Crippen LogP contribution < -0.4 is 16.4 Å². The zero-order chi connectivity index (χ0) is 23.7.